The summed E-state index contributed by atoms with van der Waals surface area (Å²) in [5, 5.41) is 8.51. The average molecular weight is 189 g/mol. The Morgan fingerprint density at radius 1 is 1.71 bits per heavy atom. The Kier molecular flexibility index (Phi) is 3.19. The number of nitrogens with zero attached hydrogens (tertiary/aromatic N) is 2. The number of primary amides is 1. The van der Waals surface area contributed by atoms with Gasteiger partial charge in [-0.05, 0) is 18.1 Å². The summed E-state index contributed by atoms with van der Waals surface area (Å²) < 4.78 is 0. The molecule has 4 heteroatoms. The van der Waals surface area contributed by atoms with Crippen LogP contribution in [0.1, 0.15) is 18.2 Å². The van der Waals surface area contributed by atoms with Crippen molar-refractivity contribution in [2.24, 2.45) is 11.7 Å². The number of hydrogen-bond acceptors (Lipinski definition) is 3. The highest BCUT2D eigenvalue weighted by molar-refractivity contribution is 5.76. The quantitative estimate of drug-likeness (QED) is 0.756. The van der Waals surface area contributed by atoms with Gasteiger partial charge in [-0.25, -0.2) is 4.98 Å². The van der Waals surface area contributed by atoms with Crippen LogP contribution in [0, 0.1) is 17.2 Å². The number of rotatable bonds is 3. The third kappa shape index (κ3) is 2.56. The minimum Gasteiger partial charge on any atom is -0.369 e. The van der Waals surface area contributed by atoms with E-state index >= 15 is 0 Å². The summed E-state index contributed by atoms with van der Waals surface area (Å²) in [6, 6.07) is 5.34. The molecular weight excluding hydrogens is 178 g/mol. The summed E-state index contributed by atoms with van der Waals surface area (Å²) >= 11 is 0. The van der Waals surface area contributed by atoms with Crippen LogP contribution in [0.5, 0.6) is 0 Å². The number of carbonyl (C=O) groups excluding carboxylic acids is 1. The van der Waals surface area contributed by atoms with Gasteiger partial charge in [0.25, 0.3) is 0 Å². The molecule has 1 aromatic heterocycles. The number of carbonyl (C=O) groups is 1. The average Bonchev–Trinajstić information content (AvgIpc) is 2.19. The van der Waals surface area contributed by atoms with Crippen molar-refractivity contribution in [3.8, 4) is 6.07 Å². The van der Waals surface area contributed by atoms with Gasteiger partial charge in [-0.3, -0.25) is 4.79 Å². The number of pyridine rings is 1. The predicted molar refractivity (Wildman–Crippen MR) is 51.0 cm³/mol. The molecule has 2 N–H and O–H groups in total. The molecule has 0 radical (unpaired) electrons. The van der Waals surface area contributed by atoms with Gasteiger partial charge in [0.2, 0.25) is 5.91 Å². The standard InChI is InChI=1S/C10H11N3O/c1-7(10(12)14)4-8-2-3-9(5-11)13-6-8/h2-3,6-7H,4H2,1H3,(H2,12,14)/t7-/m1/s1. The zero-order valence-electron chi connectivity index (χ0n) is 7.90. The Morgan fingerprint density at radius 3 is 2.86 bits per heavy atom. The van der Waals surface area contributed by atoms with Gasteiger partial charge in [0, 0.05) is 12.1 Å². The van der Waals surface area contributed by atoms with Gasteiger partial charge in [-0.2, -0.15) is 5.26 Å². The zero-order valence-corrected chi connectivity index (χ0v) is 7.90. The molecule has 1 atom stereocenters. The van der Waals surface area contributed by atoms with E-state index in [1.807, 2.05) is 6.07 Å². The molecule has 0 fully saturated rings. The molecule has 1 heterocycles. The highest BCUT2D eigenvalue weighted by Gasteiger charge is 2.09. The highest BCUT2D eigenvalue weighted by Crippen LogP contribution is 2.07. The third-order valence-electron chi connectivity index (χ3n) is 1.97. The lowest BCUT2D eigenvalue weighted by Gasteiger charge is -2.05. The molecule has 0 bridgehead atoms. The smallest absolute Gasteiger partial charge is 0.220 e. The molecule has 0 aliphatic carbocycles. The summed E-state index contributed by atoms with van der Waals surface area (Å²) in [6.07, 6.45) is 2.16. The minimum absolute atomic E-state index is 0.204. The van der Waals surface area contributed by atoms with Crippen molar-refractivity contribution in [1.82, 2.24) is 4.98 Å². The van der Waals surface area contributed by atoms with Crippen LogP contribution in [-0.2, 0) is 11.2 Å². The van der Waals surface area contributed by atoms with Gasteiger partial charge >= 0.3 is 0 Å². The fourth-order valence-corrected chi connectivity index (χ4v) is 1.07. The summed E-state index contributed by atoms with van der Waals surface area (Å²) in [4.78, 5) is 14.7. The van der Waals surface area contributed by atoms with E-state index < -0.39 is 0 Å². The van der Waals surface area contributed by atoms with E-state index in [1.54, 1.807) is 25.3 Å². The van der Waals surface area contributed by atoms with Gasteiger partial charge in [0.1, 0.15) is 11.8 Å². The number of nitriles is 1. The topological polar surface area (TPSA) is 79.8 Å². The van der Waals surface area contributed by atoms with Crippen LogP contribution in [0.15, 0.2) is 18.3 Å². The zero-order chi connectivity index (χ0) is 10.6. The highest BCUT2D eigenvalue weighted by atomic mass is 16.1. The van der Waals surface area contributed by atoms with E-state index in [-0.39, 0.29) is 11.8 Å². The first-order valence-electron chi connectivity index (χ1n) is 4.28. The van der Waals surface area contributed by atoms with E-state index in [1.165, 1.54) is 0 Å². The number of amides is 1. The molecular formula is C10H11N3O. The van der Waals surface area contributed by atoms with Crippen molar-refractivity contribution in [1.29, 1.82) is 5.26 Å². The molecule has 0 aliphatic rings. The molecule has 14 heavy (non-hydrogen) atoms. The first-order valence-corrected chi connectivity index (χ1v) is 4.28. The monoisotopic (exact) mass is 189 g/mol. The van der Waals surface area contributed by atoms with Crippen LogP contribution in [0.3, 0.4) is 0 Å². The molecule has 0 aliphatic heterocycles. The second-order valence-electron chi connectivity index (χ2n) is 3.17. The van der Waals surface area contributed by atoms with Crippen LogP contribution in [0.4, 0.5) is 0 Å². The van der Waals surface area contributed by atoms with Crippen LogP contribution < -0.4 is 5.73 Å². The van der Waals surface area contributed by atoms with E-state index in [2.05, 4.69) is 4.98 Å². The lowest BCUT2D eigenvalue weighted by molar-refractivity contribution is -0.121. The predicted octanol–water partition coefficient (Wildman–Crippen LogP) is 0.617. The molecule has 0 saturated carbocycles. The van der Waals surface area contributed by atoms with Crippen molar-refractivity contribution in [2.75, 3.05) is 0 Å². The van der Waals surface area contributed by atoms with Crippen LogP contribution in [0.25, 0.3) is 0 Å². The fourth-order valence-electron chi connectivity index (χ4n) is 1.07. The fraction of sp³-hybridized carbons (Fsp3) is 0.300. The normalized spacial score (nSPS) is 11.7. The molecule has 4 nitrogen and oxygen atoms in total. The molecule has 0 saturated heterocycles. The second kappa shape index (κ2) is 4.38. The first kappa shape index (κ1) is 10.2. The first-order chi connectivity index (χ1) is 6.63. The van der Waals surface area contributed by atoms with Crippen molar-refractivity contribution >= 4 is 5.91 Å². The Hall–Kier alpha value is -1.89. The van der Waals surface area contributed by atoms with Crippen molar-refractivity contribution < 1.29 is 4.79 Å². The molecule has 1 aromatic rings. The van der Waals surface area contributed by atoms with Crippen LogP contribution in [0.2, 0.25) is 0 Å². The van der Waals surface area contributed by atoms with Crippen LogP contribution >= 0.6 is 0 Å². The molecule has 1 amide bonds. The van der Waals surface area contributed by atoms with Gasteiger partial charge in [0.05, 0.1) is 0 Å². The van der Waals surface area contributed by atoms with Crippen molar-refractivity contribution in [3.63, 3.8) is 0 Å². The van der Waals surface area contributed by atoms with Crippen molar-refractivity contribution in [2.45, 2.75) is 13.3 Å². The molecule has 0 aromatic carbocycles. The summed E-state index contributed by atoms with van der Waals surface area (Å²) in [5.41, 5.74) is 6.42. The minimum atomic E-state index is -0.325. The maximum absolute atomic E-state index is 10.8. The summed E-state index contributed by atoms with van der Waals surface area (Å²) in [7, 11) is 0. The number of nitrogens with two attached hydrogens (primary N) is 1. The lowest BCUT2D eigenvalue weighted by Crippen LogP contribution is -2.22. The van der Waals surface area contributed by atoms with Gasteiger partial charge in [0.15, 0.2) is 0 Å². The Labute approximate surface area is 82.4 Å². The van der Waals surface area contributed by atoms with Crippen molar-refractivity contribution in [3.05, 3.63) is 29.6 Å². The van der Waals surface area contributed by atoms with Gasteiger partial charge in [-0.1, -0.05) is 13.0 Å². The molecule has 0 unspecified atom stereocenters. The summed E-state index contributed by atoms with van der Waals surface area (Å²) in [5.74, 6) is -0.529. The molecule has 1 rings (SSSR count). The van der Waals surface area contributed by atoms with Gasteiger partial charge < -0.3 is 5.73 Å². The molecule has 72 valence electrons. The Morgan fingerprint density at radius 2 is 2.43 bits per heavy atom. The Bertz CT molecular complexity index is 364. The summed E-state index contributed by atoms with van der Waals surface area (Å²) in [6.45, 7) is 1.76. The van der Waals surface area contributed by atoms with Gasteiger partial charge in [-0.15, -0.1) is 0 Å². The number of hydrogen-bond donors (Lipinski definition) is 1. The van der Waals surface area contributed by atoms with E-state index in [9.17, 15) is 4.79 Å². The largest absolute Gasteiger partial charge is 0.369 e. The Balaban J connectivity index is 2.70. The van der Waals surface area contributed by atoms with E-state index in [0.29, 0.717) is 12.1 Å². The maximum Gasteiger partial charge on any atom is 0.220 e. The second-order valence-corrected chi connectivity index (χ2v) is 3.17. The maximum atomic E-state index is 10.8. The molecule has 0 spiro atoms. The van der Waals surface area contributed by atoms with Crippen LogP contribution in [-0.4, -0.2) is 10.9 Å². The SMILES string of the molecule is C[C@H](Cc1ccc(C#N)nc1)C(N)=O. The third-order valence-corrected chi connectivity index (χ3v) is 1.97. The van der Waals surface area contributed by atoms with E-state index in [4.69, 9.17) is 11.0 Å². The van der Waals surface area contributed by atoms with E-state index in [0.717, 1.165) is 5.56 Å². The number of aromatic nitrogens is 1. The lowest BCUT2D eigenvalue weighted by atomic mass is 10.0.